The molecule has 0 spiro atoms. The fourth-order valence-electron chi connectivity index (χ4n) is 13.7. The van der Waals surface area contributed by atoms with Crippen LogP contribution < -0.4 is 37.6 Å². The number of imide groups is 1. The van der Waals surface area contributed by atoms with Gasteiger partial charge < -0.3 is 66.8 Å². The molecule has 2 heterocycles. The van der Waals surface area contributed by atoms with Gasteiger partial charge in [-0.05, 0) is 105 Å². The molecule has 584 valence electrons. The fraction of sp³-hybridized carbons (Fsp3) is 0.701. The molecule has 27 heteroatoms. The van der Waals surface area contributed by atoms with Crippen molar-refractivity contribution in [1.29, 1.82) is 0 Å². The Hall–Kier alpha value is -7.36. The summed E-state index contributed by atoms with van der Waals surface area (Å²) in [6, 6.07) is 8.78. The van der Waals surface area contributed by atoms with E-state index in [0.717, 1.165) is 19.3 Å². The topological polar surface area (TPSA) is 347 Å². The lowest BCUT2D eigenvalue weighted by Gasteiger charge is -2.41. The molecule has 2 fully saturated rings. The maximum Gasteiger partial charge on any atom is 0.410 e. The highest BCUT2D eigenvalue weighted by atomic mass is 32.2. The third kappa shape index (κ3) is 27.5. The molecule has 2 unspecified atom stereocenters. The van der Waals surface area contributed by atoms with E-state index in [1.165, 1.54) is 37.5 Å². The number of hydrogen-bond acceptors (Lipinski definition) is 16. The van der Waals surface area contributed by atoms with Gasteiger partial charge in [0.15, 0.2) is 0 Å². The van der Waals surface area contributed by atoms with Crippen LogP contribution in [0.15, 0.2) is 54.6 Å². The maximum absolute atomic E-state index is 14.9. The van der Waals surface area contributed by atoms with Gasteiger partial charge in [0, 0.05) is 71.7 Å². The Morgan fingerprint density at radius 1 is 0.702 bits per heavy atom. The molecule has 2 aromatic rings. The zero-order valence-electron chi connectivity index (χ0n) is 65.0. The smallest absolute Gasteiger partial charge is 0.410 e. The van der Waals surface area contributed by atoms with E-state index in [9.17, 15) is 57.8 Å². The van der Waals surface area contributed by atoms with Crippen LogP contribution in [-0.2, 0) is 64.0 Å². The molecule has 0 radical (unpaired) electrons. The Balaban J connectivity index is 1.34. The number of likely N-dealkylation sites (N-methyl/N-ethyl adjacent to an activating group) is 2. The minimum Gasteiger partial charge on any atom is -0.445 e. The third-order valence-corrected chi connectivity index (χ3v) is 21.5. The lowest BCUT2D eigenvalue weighted by Crippen LogP contribution is -2.60. The van der Waals surface area contributed by atoms with Crippen LogP contribution in [0.5, 0.6) is 0 Å². The van der Waals surface area contributed by atoms with Gasteiger partial charge in [-0.25, -0.2) is 9.59 Å². The molecule has 0 saturated carbocycles. The molecule has 2 saturated heterocycles. The van der Waals surface area contributed by atoms with E-state index in [-0.39, 0.29) is 104 Å². The summed E-state index contributed by atoms with van der Waals surface area (Å²) in [5.41, 5.74) is 6.82. The average Bonchev–Trinajstić information content (AvgIpc) is 1.68. The molecule has 2 aliphatic rings. The van der Waals surface area contributed by atoms with Crippen molar-refractivity contribution in [2.75, 3.05) is 53.3 Å². The number of hydrogen-bond donors (Lipinski definition) is 8. The molecule has 12 amide bonds. The predicted octanol–water partition coefficient (Wildman–Crippen LogP) is 8.62. The number of thioether (sulfide) groups is 1. The van der Waals surface area contributed by atoms with Crippen LogP contribution in [0.4, 0.5) is 15.3 Å². The summed E-state index contributed by atoms with van der Waals surface area (Å²) in [7, 11) is 6.09. The molecule has 26 nitrogen and oxygen atoms in total. The van der Waals surface area contributed by atoms with Gasteiger partial charge in [0.1, 0.15) is 30.8 Å². The molecule has 2 aromatic carbocycles. The normalized spacial score (nSPS) is 18.1. The number of aliphatic hydroxyl groups is 1. The maximum atomic E-state index is 14.9. The first-order valence-corrected chi connectivity index (χ1v) is 38.5. The standard InChI is InChI=1S/C77H125N11O15S/c1-18-50(10)67(59(101-16)43-62(90)87-42-28-34-58(87)69(102-17)52(12)70(93)80-53(13)68(92)55-31-21-19-22-32-55)85(14)75(98)65(48(6)7)84-73(96)66(49(8)9)86(15)77(100)103-45-54-36-38-56(39-37-54)81-71(94)57(33-27-40-79-76(78)99)82-72(95)64(47(4)5)83-61(89)35-23-20-26-41-88-63(91)44-60(74(88)97)104-51(11)30-25-24-29-46(2)3/h19,21-22,31-32,36-39,46-53,57-60,64-69,92H,18,20,23-30,33-35,40-45H2,1-17H3,(H,80,93)(H,81,94)(H,82,95)(H,83,89)(H,84,96)(H3,78,79,99)/t50-,51?,52+,53+,57-,58-,59+,60?,64-,65-,66-,67-,68+,69+/m0/s1. The molecular formula is C77H125N11O15S. The number of carbonyl (C=O) groups excluding carboxylic acids is 11. The fourth-order valence-corrected chi connectivity index (χ4v) is 15.1. The highest BCUT2D eigenvalue weighted by Crippen LogP contribution is 2.33. The molecule has 9 N–H and O–H groups in total. The average molecular weight is 1480 g/mol. The first kappa shape index (κ1) is 89.0. The number of anilines is 1. The summed E-state index contributed by atoms with van der Waals surface area (Å²) in [4.78, 5) is 156. The van der Waals surface area contributed by atoms with Gasteiger partial charge >= 0.3 is 12.1 Å². The number of methoxy groups -OCH3 is 2. The number of benzene rings is 2. The molecule has 2 aliphatic heterocycles. The van der Waals surface area contributed by atoms with Gasteiger partial charge in [-0.15, -0.1) is 11.8 Å². The summed E-state index contributed by atoms with van der Waals surface area (Å²) in [5.74, 6) is -4.91. The van der Waals surface area contributed by atoms with E-state index >= 15 is 0 Å². The summed E-state index contributed by atoms with van der Waals surface area (Å²) >= 11 is 1.58. The summed E-state index contributed by atoms with van der Waals surface area (Å²) in [5, 5.41) is 27.7. The Labute approximate surface area is 622 Å². The number of unbranched alkanes of at least 4 members (excludes halogenated alkanes) is 3. The van der Waals surface area contributed by atoms with Crippen LogP contribution in [0.3, 0.4) is 0 Å². The first-order chi connectivity index (χ1) is 49.2. The van der Waals surface area contributed by atoms with Crippen molar-refractivity contribution < 1.29 is 72.1 Å². The number of rotatable bonds is 45. The van der Waals surface area contributed by atoms with Gasteiger partial charge in [0.05, 0.1) is 54.0 Å². The van der Waals surface area contributed by atoms with E-state index < -0.39 is 114 Å². The zero-order valence-corrected chi connectivity index (χ0v) is 65.8. The number of urea groups is 1. The number of carbonyl (C=O) groups is 11. The lowest BCUT2D eigenvalue weighted by molar-refractivity contribution is -0.148. The molecule has 0 aromatic heterocycles. The second-order valence-corrected chi connectivity index (χ2v) is 31.5. The van der Waals surface area contributed by atoms with Gasteiger partial charge in [-0.2, -0.15) is 0 Å². The number of primary amides is 1. The Morgan fingerprint density at radius 2 is 1.36 bits per heavy atom. The number of amides is 12. The predicted molar refractivity (Wildman–Crippen MR) is 403 cm³/mol. The van der Waals surface area contributed by atoms with E-state index in [4.69, 9.17) is 19.9 Å². The van der Waals surface area contributed by atoms with Gasteiger partial charge in [-0.1, -0.05) is 158 Å². The number of likely N-dealkylation sites (tertiary alicyclic amines) is 2. The van der Waals surface area contributed by atoms with E-state index in [2.05, 4.69) is 52.7 Å². The van der Waals surface area contributed by atoms with Gasteiger partial charge in [-0.3, -0.25) is 53.0 Å². The summed E-state index contributed by atoms with van der Waals surface area (Å²) < 4.78 is 17.8. The van der Waals surface area contributed by atoms with Crippen molar-refractivity contribution in [1.82, 2.24) is 46.2 Å². The van der Waals surface area contributed by atoms with Crippen molar-refractivity contribution in [3.63, 3.8) is 0 Å². The largest absolute Gasteiger partial charge is 0.445 e. The molecule has 0 aliphatic carbocycles. The molecule has 0 bridgehead atoms. The minimum absolute atomic E-state index is 0.0855. The monoisotopic (exact) mass is 1480 g/mol. The number of nitrogens with one attached hydrogen (secondary N) is 6. The Kier molecular flexibility index (Phi) is 38.2. The van der Waals surface area contributed by atoms with Crippen molar-refractivity contribution in [2.24, 2.45) is 41.2 Å². The van der Waals surface area contributed by atoms with E-state index in [1.807, 2.05) is 32.0 Å². The summed E-state index contributed by atoms with van der Waals surface area (Å²) in [6.07, 6.45) is 5.19. The van der Waals surface area contributed by atoms with E-state index in [0.29, 0.717) is 67.8 Å². The number of aliphatic hydroxyl groups excluding tert-OH is 1. The molecular weight excluding hydrogens is 1350 g/mol. The third-order valence-electron chi connectivity index (χ3n) is 20.1. The van der Waals surface area contributed by atoms with Gasteiger partial charge in [0.25, 0.3) is 0 Å². The quantitative estimate of drug-likeness (QED) is 0.0227. The zero-order chi connectivity index (χ0) is 77.7. The van der Waals surface area contributed by atoms with Crippen LogP contribution in [-0.4, -0.2) is 203 Å². The molecule has 104 heavy (non-hydrogen) atoms. The molecule has 14 atom stereocenters. The number of nitrogens with two attached hydrogens (primary N) is 1. The lowest BCUT2D eigenvalue weighted by atomic mass is 9.89. The highest BCUT2D eigenvalue weighted by Gasteiger charge is 2.45. The highest BCUT2D eigenvalue weighted by molar-refractivity contribution is 8.01. The first-order valence-electron chi connectivity index (χ1n) is 37.5. The van der Waals surface area contributed by atoms with Crippen LogP contribution in [0.2, 0.25) is 0 Å². The Morgan fingerprint density at radius 3 is 1.95 bits per heavy atom. The second kappa shape index (κ2) is 44.6. The number of nitrogens with zero attached hydrogens (tertiary/aromatic N) is 4. The summed E-state index contributed by atoms with van der Waals surface area (Å²) in [6.45, 7) is 25.2. The SMILES string of the molecule is CC[C@H](C)[C@@H]([C@@H](CC(=O)N1CCC[C@H]1[C@H](OC)[C@@H](C)C(=O)N[C@H](C)[C@@H](O)c1ccccc1)OC)N(C)C(=O)[C@@H](NC(=O)[C@H](C(C)C)N(C)C(=O)OCc1ccc(NC(=O)[C@H](CCCNC(N)=O)NC(=O)[C@@H](NC(=O)CCCCCN2C(=O)CC(SC(C)CCCCC(C)C)C2=O)C(C)C)cc1)C(C)C. The van der Waals surface area contributed by atoms with Crippen LogP contribution in [0, 0.1) is 35.5 Å². The minimum atomic E-state index is -1.12. The van der Waals surface area contributed by atoms with Crippen molar-refractivity contribution in [2.45, 2.75) is 264 Å². The van der Waals surface area contributed by atoms with Crippen molar-refractivity contribution in [3.05, 3.63) is 65.7 Å². The van der Waals surface area contributed by atoms with Crippen molar-refractivity contribution >= 4 is 82.7 Å². The van der Waals surface area contributed by atoms with Crippen LogP contribution in [0.25, 0.3) is 0 Å². The second-order valence-electron chi connectivity index (χ2n) is 29.8. The van der Waals surface area contributed by atoms with Crippen LogP contribution >= 0.6 is 11.8 Å². The van der Waals surface area contributed by atoms with Gasteiger partial charge in [0.2, 0.25) is 53.2 Å². The number of ether oxygens (including phenoxy) is 3. The van der Waals surface area contributed by atoms with Crippen molar-refractivity contribution in [3.8, 4) is 0 Å². The van der Waals surface area contributed by atoms with E-state index in [1.54, 1.807) is 120 Å². The van der Waals surface area contributed by atoms with Crippen LogP contribution in [0.1, 0.15) is 204 Å². The Bertz CT molecular complexity index is 3090. The molecule has 4 rings (SSSR count).